The Kier molecular flexibility index (Phi) is 4.65. The second-order valence-corrected chi connectivity index (χ2v) is 7.87. The van der Waals surface area contributed by atoms with Crippen molar-refractivity contribution in [2.24, 2.45) is 0 Å². The van der Waals surface area contributed by atoms with Crippen molar-refractivity contribution in [2.75, 3.05) is 10.2 Å². The van der Waals surface area contributed by atoms with Crippen LogP contribution < -0.4 is 10.2 Å². The summed E-state index contributed by atoms with van der Waals surface area (Å²) in [6.45, 7) is 2.73. The third-order valence-corrected chi connectivity index (χ3v) is 5.82. The number of rotatable bonds is 2. The third kappa shape index (κ3) is 3.19. The highest BCUT2D eigenvalue weighted by Crippen LogP contribution is 2.33. The van der Waals surface area contributed by atoms with Crippen LogP contribution in [0, 0.1) is 17.5 Å². The number of fused-ring (bicyclic) bond motifs is 2. The first-order valence-corrected chi connectivity index (χ1v) is 10.00. The first-order chi connectivity index (χ1) is 15.3. The summed E-state index contributed by atoms with van der Waals surface area (Å²) >= 11 is 0. The van der Waals surface area contributed by atoms with Gasteiger partial charge in [0.15, 0.2) is 17.5 Å². The Balaban J connectivity index is 1.40. The van der Waals surface area contributed by atoms with E-state index < -0.39 is 23.5 Å². The van der Waals surface area contributed by atoms with Gasteiger partial charge in [0.2, 0.25) is 0 Å². The summed E-state index contributed by atoms with van der Waals surface area (Å²) < 4.78 is 42.0. The molecule has 2 aliphatic heterocycles. The van der Waals surface area contributed by atoms with Crippen LogP contribution in [0.3, 0.4) is 0 Å². The van der Waals surface area contributed by atoms with E-state index in [1.165, 1.54) is 4.90 Å². The zero-order valence-electron chi connectivity index (χ0n) is 17.0. The van der Waals surface area contributed by atoms with Gasteiger partial charge in [0, 0.05) is 23.4 Å². The van der Waals surface area contributed by atoms with Crippen molar-refractivity contribution in [1.82, 2.24) is 14.7 Å². The Morgan fingerprint density at radius 1 is 1.12 bits per heavy atom. The SMILES string of the molecule is C[C@H]1Cn2ncc(N3Cc4ccccc4C3=O)c2CN1C(=O)Nc1cc(F)c(F)c(F)c1. The zero-order valence-corrected chi connectivity index (χ0v) is 17.0. The number of benzene rings is 2. The molecule has 10 heteroatoms. The van der Waals surface area contributed by atoms with E-state index in [0.29, 0.717) is 30.0 Å². The molecule has 7 nitrogen and oxygen atoms in total. The van der Waals surface area contributed by atoms with Crippen LogP contribution in [0.15, 0.2) is 42.6 Å². The smallest absolute Gasteiger partial charge is 0.314 e. The molecule has 1 aromatic heterocycles. The van der Waals surface area contributed by atoms with Gasteiger partial charge in [0.25, 0.3) is 5.91 Å². The quantitative estimate of drug-likeness (QED) is 0.614. The molecule has 0 bridgehead atoms. The number of urea groups is 1. The predicted molar refractivity (Wildman–Crippen MR) is 110 cm³/mol. The Bertz CT molecular complexity index is 1240. The van der Waals surface area contributed by atoms with Crippen molar-refractivity contribution >= 4 is 23.3 Å². The molecular weight excluding hydrogens is 423 g/mol. The summed E-state index contributed by atoms with van der Waals surface area (Å²) in [5.74, 6) is -4.51. The minimum Gasteiger partial charge on any atom is -0.314 e. The molecule has 2 aromatic carbocycles. The summed E-state index contributed by atoms with van der Waals surface area (Å²) in [5, 5.41) is 6.80. The van der Waals surface area contributed by atoms with E-state index in [1.54, 1.807) is 21.8 Å². The standard InChI is InChI=1S/C22H18F3N5O2/c1-12-9-30-19(11-28(12)22(32)27-14-6-16(23)20(25)17(24)7-14)18(8-26-30)29-10-13-4-2-3-5-15(13)21(29)31/h2-8,12H,9-11H2,1H3,(H,27,32)/t12-/m0/s1. The monoisotopic (exact) mass is 441 g/mol. The normalized spacial score (nSPS) is 17.4. The minimum atomic E-state index is -1.60. The van der Waals surface area contributed by atoms with Gasteiger partial charge in [-0.1, -0.05) is 18.2 Å². The molecule has 0 aliphatic carbocycles. The number of nitrogens with one attached hydrogen (secondary N) is 1. The molecule has 3 amide bonds. The number of nitrogens with zero attached hydrogens (tertiary/aromatic N) is 4. The van der Waals surface area contributed by atoms with Gasteiger partial charge in [-0.3, -0.25) is 9.48 Å². The molecule has 2 aliphatic rings. The van der Waals surface area contributed by atoms with Gasteiger partial charge in [0.1, 0.15) is 0 Å². The molecule has 3 aromatic rings. The van der Waals surface area contributed by atoms with Crippen LogP contribution in [0.4, 0.5) is 29.3 Å². The van der Waals surface area contributed by atoms with Crippen LogP contribution >= 0.6 is 0 Å². The van der Waals surface area contributed by atoms with Gasteiger partial charge >= 0.3 is 6.03 Å². The maximum Gasteiger partial charge on any atom is 0.322 e. The number of hydrogen-bond donors (Lipinski definition) is 1. The molecule has 3 heterocycles. The van der Waals surface area contributed by atoms with Gasteiger partial charge in [-0.15, -0.1) is 0 Å². The maximum atomic E-state index is 13.5. The molecule has 0 saturated heterocycles. The van der Waals surface area contributed by atoms with Crippen LogP contribution in [-0.2, 0) is 19.6 Å². The van der Waals surface area contributed by atoms with Gasteiger partial charge in [-0.05, 0) is 18.6 Å². The van der Waals surface area contributed by atoms with E-state index in [2.05, 4.69) is 10.4 Å². The van der Waals surface area contributed by atoms with E-state index >= 15 is 0 Å². The fourth-order valence-electron chi connectivity index (χ4n) is 4.16. The molecule has 32 heavy (non-hydrogen) atoms. The van der Waals surface area contributed by atoms with Gasteiger partial charge in [-0.25, -0.2) is 18.0 Å². The third-order valence-electron chi connectivity index (χ3n) is 5.82. The van der Waals surface area contributed by atoms with E-state index in [0.717, 1.165) is 17.7 Å². The number of halogens is 3. The molecule has 0 saturated carbocycles. The van der Waals surface area contributed by atoms with Crippen LogP contribution in [0.25, 0.3) is 0 Å². The minimum absolute atomic E-state index is 0.134. The first kappa shape index (κ1) is 20.1. The van der Waals surface area contributed by atoms with Crippen molar-refractivity contribution in [1.29, 1.82) is 0 Å². The van der Waals surface area contributed by atoms with E-state index in [1.807, 2.05) is 25.1 Å². The molecular formula is C22H18F3N5O2. The summed E-state index contributed by atoms with van der Waals surface area (Å²) in [6, 6.07) is 7.92. The highest BCUT2D eigenvalue weighted by molar-refractivity contribution is 6.10. The number of carbonyl (C=O) groups is 2. The number of aromatic nitrogens is 2. The Morgan fingerprint density at radius 2 is 1.84 bits per heavy atom. The molecule has 0 radical (unpaired) electrons. The highest BCUT2D eigenvalue weighted by atomic mass is 19.2. The Hall–Kier alpha value is -3.82. The zero-order chi connectivity index (χ0) is 22.6. The second kappa shape index (κ2) is 7.40. The second-order valence-electron chi connectivity index (χ2n) is 7.87. The fraction of sp³-hybridized carbons (Fsp3) is 0.227. The van der Waals surface area contributed by atoms with E-state index in [4.69, 9.17) is 0 Å². The topological polar surface area (TPSA) is 70.5 Å². The van der Waals surface area contributed by atoms with Gasteiger partial charge in [-0.2, -0.15) is 5.10 Å². The van der Waals surface area contributed by atoms with Crippen molar-refractivity contribution in [3.63, 3.8) is 0 Å². The molecule has 0 fully saturated rings. The summed E-state index contributed by atoms with van der Waals surface area (Å²) in [5.41, 5.74) is 2.64. The molecule has 0 spiro atoms. The fourth-order valence-corrected chi connectivity index (χ4v) is 4.16. The van der Waals surface area contributed by atoms with Crippen LogP contribution in [0.5, 0.6) is 0 Å². The summed E-state index contributed by atoms with van der Waals surface area (Å²) in [6.07, 6.45) is 1.61. The number of hydrogen-bond acceptors (Lipinski definition) is 3. The Labute approximate surface area is 181 Å². The molecule has 164 valence electrons. The number of amides is 3. The molecule has 0 unspecified atom stereocenters. The molecule has 5 rings (SSSR count). The van der Waals surface area contributed by atoms with E-state index in [-0.39, 0.29) is 24.2 Å². The van der Waals surface area contributed by atoms with Crippen molar-refractivity contribution < 1.29 is 22.8 Å². The maximum absolute atomic E-state index is 13.5. The lowest BCUT2D eigenvalue weighted by molar-refractivity contribution is 0.0996. The average molecular weight is 441 g/mol. The number of anilines is 2. The lowest BCUT2D eigenvalue weighted by Gasteiger charge is -2.35. The molecule has 1 atom stereocenters. The first-order valence-electron chi connectivity index (χ1n) is 10.00. The lowest BCUT2D eigenvalue weighted by atomic mass is 10.1. The summed E-state index contributed by atoms with van der Waals surface area (Å²) in [4.78, 5) is 28.9. The summed E-state index contributed by atoms with van der Waals surface area (Å²) in [7, 11) is 0. The Morgan fingerprint density at radius 3 is 2.56 bits per heavy atom. The number of carbonyl (C=O) groups excluding carboxylic acids is 2. The predicted octanol–water partition coefficient (Wildman–Crippen LogP) is 3.90. The largest absolute Gasteiger partial charge is 0.322 e. The van der Waals surface area contributed by atoms with Crippen molar-refractivity contribution in [3.8, 4) is 0 Å². The van der Waals surface area contributed by atoms with Gasteiger partial charge < -0.3 is 15.1 Å². The van der Waals surface area contributed by atoms with Gasteiger partial charge in [0.05, 0.1) is 43.3 Å². The van der Waals surface area contributed by atoms with Crippen LogP contribution in [0.2, 0.25) is 0 Å². The van der Waals surface area contributed by atoms with Crippen molar-refractivity contribution in [2.45, 2.75) is 32.6 Å². The molecule has 1 N–H and O–H groups in total. The average Bonchev–Trinajstić information content (AvgIpc) is 3.31. The van der Waals surface area contributed by atoms with Crippen LogP contribution in [0.1, 0.15) is 28.5 Å². The van der Waals surface area contributed by atoms with Crippen LogP contribution in [-0.4, -0.2) is 32.7 Å². The van der Waals surface area contributed by atoms with Crippen molar-refractivity contribution in [3.05, 3.63) is 76.9 Å². The highest BCUT2D eigenvalue weighted by Gasteiger charge is 2.35. The lowest BCUT2D eigenvalue weighted by Crippen LogP contribution is -2.47. The van der Waals surface area contributed by atoms with E-state index in [9.17, 15) is 22.8 Å².